The number of nitrogens with zero attached hydrogens (tertiary/aromatic N) is 2. The van der Waals surface area contributed by atoms with E-state index in [1.807, 2.05) is 43.3 Å². The second kappa shape index (κ2) is 6.53. The number of carbonyl (C=O) groups is 1. The smallest absolute Gasteiger partial charge is 0.319 e. The second-order valence-corrected chi connectivity index (χ2v) is 6.10. The van der Waals surface area contributed by atoms with Gasteiger partial charge in [-0.2, -0.15) is 0 Å². The molecule has 2 amide bonds. The predicted octanol–water partition coefficient (Wildman–Crippen LogP) is 3.36. The summed E-state index contributed by atoms with van der Waals surface area (Å²) in [7, 11) is 0. The number of hydrogen-bond donors (Lipinski definition) is 2. The van der Waals surface area contributed by atoms with Crippen molar-refractivity contribution in [2.24, 2.45) is 0 Å². The Morgan fingerprint density at radius 1 is 1.27 bits per heavy atom. The van der Waals surface area contributed by atoms with Crippen LogP contribution in [0.25, 0.3) is 10.2 Å². The zero-order valence-electron chi connectivity index (χ0n) is 12.2. The molecule has 0 fully saturated rings. The van der Waals surface area contributed by atoms with Crippen LogP contribution in [0, 0.1) is 6.92 Å². The van der Waals surface area contributed by atoms with Crippen LogP contribution < -0.4 is 10.6 Å². The molecule has 22 heavy (non-hydrogen) atoms. The molecule has 2 aromatic heterocycles. The fraction of sp³-hybridized carbons (Fsp3) is 0.188. The number of thiazole rings is 1. The number of aromatic nitrogens is 2. The van der Waals surface area contributed by atoms with E-state index in [4.69, 9.17) is 0 Å². The molecule has 5 nitrogen and oxygen atoms in total. The monoisotopic (exact) mass is 312 g/mol. The highest BCUT2D eigenvalue weighted by molar-refractivity contribution is 7.18. The van der Waals surface area contributed by atoms with Crippen LogP contribution in [0.4, 0.5) is 10.5 Å². The Hall–Kier alpha value is -2.47. The number of hydrogen-bond acceptors (Lipinski definition) is 4. The molecule has 3 rings (SSSR count). The van der Waals surface area contributed by atoms with Crippen LogP contribution >= 0.6 is 11.3 Å². The van der Waals surface area contributed by atoms with Gasteiger partial charge in [0.05, 0.1) is 15.2 Å². The Balaban J connectivity index is 1.54. The van der Waals surface area contributed by atoms with E-state index >= 15 is 0 Å². The van der Waals surface area contributed by atoms with E-state index in [-0.39, 0.29) is 6.03 Å². The highest BCUT2D eigenvalue weighted by Crippen LogP contribution is 2.24. The summed E-state index contributed by atoms with van der Waals surface area (Å²) >= 11 is 1.62. The summed E-state index contributed by atoms with van der Waals surface area (Å²) in [6.45, 7) is 2.52. The summed E-state index contributed by atoms with van der Waals surface area (Å²) in [5, 5.41) is 6.69. The maximum Gasteiger partial charge on any atom is 0.319 e. The van der Waals surface area contributed by atoms with Gasteiger partial charge >= 0.3 is 6.03 Å². The molecule has 2 heterocycles. The number of carbonyl (C=O) groups excluding carboxylic acids is 1. The number of benzene rings is 1. The molecular weight excluding hydrogens is 296 g/mol. The first kappa shape index (κ1) is 14.5. The average Bonchev–Trinajstić information content (AvgIpc) is 2.87. The van der Waals surface area contributed by atoms with Crippen molar-refractivity contribution in [3.8, 4) is 0 Å². The number of aryl methyl sites for hydroxylation is 1. The summed E-state index contributed by atoms with van der Waals surface area (Å²) in [4.78, 5) is 20.5. The standard InChI is InChI=1S/C16H16N4OS/c1-11-19-14-6-5-13(10-15(14)22-11)20-16(21)18-9-7-12-4-2-3-8-17-12/h2-6,8,10H,7,9H2,1H3,(H2,18,20,21). The SMILES string of the molecule is Cc1nc2ccc(NC(=O)NCCc3ccccn3)cc2s1. The van der Waals surface area contributed by atoms with Crippen molar-refractivity contribution in [3.05, 3.63) is 53.3 Å². The summed E-state index contributed by atoms with van der Waals surface area (Å²) in [6, 6.07) is 11.3. The minimum absolute atomic E-state index is 0.212. The minimum atomic E-state index is -0.212. The number of amides is 2. The van der Waals surface area contributed by atoms with Crippen LogP contribution in [-0.4, -0.2) is 22.5 Å². The highest BCUT2D eigenvalue weighted by atomic mass is 32.1. The van der Waals surface area contributed by atoms with Crippen molar-refractivity contribution < 1.29 is 4.79 Å². The number of urea groups is 1. The zero-order valence-corrected chi connectivity index (χ0v) is 13.0. The second-order valence-electron chi connectivity index (χ2n) is 4.87. The number of nitrogens with one attached hydrogen (secondary N) is 2. The average molecular weight is 312 g/mol. The van der Waals surface area contributed by atoms with Gasteiger partial charge in [0.1, 0.15) is 0 Å². The van der Waals surface area contributed by atoms with E-state index in [0.717, 1.165) is 26.6 Å². The van der Waals surface area contributed by atoms with Crippen LogP contribution in [0.3, 0.4) is 0 Å². The van der Waals surface area contributed by atoms with Gasteiger partial charge in [-0.25, -0.2) is 9.78 Å². The van der Waals surface area contributed by atoms with Gasteiger partial charge in [-0.05, 0) is 37.3 Å². The molecule has 1 aromatic carbocycles. The molecule has 0 bridgehead atoms. The molecule has 112 valence electrons. The van der Waals surface area contributed by atoms with Gasteiger partial charge < -0.3 is 10.6 Å². The molecule has 0 saturated heterocycles. The van der Waals surface area contributed by atoms with Crippen molar-refractivity contribution >= 4 is 33.3 Å². The van der Waals surface area contributed by atoms with E-state index in [1.165, 1.54) is 0 Å². The van der Waals surface area contributed by atoms with Gasteiger partial charge in [-0.15, -0.1) is 11.3 Å². The summed E-state index contributed by atoms with van der Waals surface area (Å²) in [6.07, 6.45) is 2.46. The molecule has 0 atom stereocenters. The summed E-state index contributed by atoms with van der Waals surface area (Å²) in [5.74, 6) is 0. The Bertz CT molecular complexity index is 785. The normalized spacial score (nSPS) is 10.6. The van der Waals surface area contributed by atoms with Gasteiger partial charge in [-0.3, -0.25) is 4.98 Å². The molecule has 3 aromatic rings. The minimum Gasteiger partial charge on any atom is -0.337 e. The molecule has 0 aliphatic carbocycles. The van der Waals surface area contributed by atoms with Crippen LogP contribution in [-0.2, 0) is 6.42 Å². The van der Waals surface area contributed by atoms with Crippen LogP contribution in [0.15, 0.2) is 42.6 Å². The lowest BCUT2D eigenvalue weighted by atomic mass is 10.3. The van der Waals surface area contributed by atoms with E-state index in [2.05, 4.69) is 20.6 Å². The third kappa shape index (κ3) is 3.59. The molecule has 0 radical (unpaired) electrons. The third-order valence-corrected chi connectivity index (χ3v) is 4.08. The van der Waals surface area contributed by atoms with Gasteiger partial charge in [-0.1, -0.05) is 6.07 Å². The molecule has 2 N–H and O–H groups in total. The first-order chi connectivity index (χ1) is 10.7. The van der Waals surface area contributed by atoms with Crippen LogP contribution in [0.5, 0.6) is 0 Å². The Morgan fingerprint density at radius 2 is 2.18 bits per heavy atom. The number of pyridine rings is 1. The Labute approximate surface area is 132 Å². The molecule has 0 unspecified atom stereocenters. The predicted molar refractivity (Wildman–Crippen MR) is 89.3 cm³/mol. The lowest BCUT2D eigenvalue weighted by Gasteiger charge is -2.07. The van der Waals surface area contributed by atoms with Gasteiger partial charge in [0.15, 0.2) is 0 Å². The van der Waals surface area contributed by atoms with Crippen LogP contribution in [0.2, 0.25) is 0 Å². The van der Waals surface area contributed by atoms with Crippen molar-refractivity contribution in [3.63, 3.8) is 0 Å². The quantitative estimate of drug-likeness (QED) is 0.776. The van der Waals surface area contributed by atoms with E-state index < -0.39 is 0 Å². The van der Waals surface area contributed by atoms with Crippen molar-refractivity contribution in [2.75, 3.05) is 11.9 Å². The zero-order chi connectivity index (χ0) is 15.4. The third-order valence-electron chi connectivity index (χ3n) is 3.15. The van der Waals surface area contributed by atoms with Gasteiger partial charge in [0.2, 0.25) is 0 Å². The lowest BCUT2D eigenvalue weighted by molar-refractivity contribution is 0.252. The first-order valence-electron chi connectivity index (χ1n) is 7.03. The fourth-order valence-corrected chi connectivity index (χ4v) is 3.01. The molecule has 0 aliphatic rings. The number of fused-ring (bicyclic) bond motifs is 1. The topological polar surface area (TPSA) is 66.9 Å². The lowest BCUT2D eigenvalue weighted by Crippen LogP contribution is -2.30. The maximum atomic E-state index is 11.9. The molecule has 0 aliphatic heterocycles. The van der Waals surface area contributed by atoms with Gasteiger partial charge in [0.25, 0.3) is 0 Å². The van der Waals surface area contributed by atoms with Crippen molar-refractivity contribution in [1.82, 2.24) is 15.3 Å². The largest absolute Gasteiger partial charge is 0.337 e. The fourth-order valence-electron chi connectivity index (χ4n) is 2.14. The Kier molecular flexibility index (Phi) is 4.29. The Morgan fingerprint density at radius 3 is 3.00 bits per heavy atom. The first-order valence-corrected chi connectivity index (χ1v) is 7.84. The number of rotatable bonds is 4. The number of anilines is 1. The molecule has 0 saturated carbocycles. The summed E-state index contributed by atoms with van der Waals surface area (Å²) < 4.78 is 1.07. The summed E-state index contributed by atoms with van der Waals surface area (Å²) in [5.41, 5.74) is 2.69. The van der Waals surface area contributed by atoms with Gasteiger partial charge in [0, 0.05) is 30.5 Å². The van der Waals surface area contributed by atoms with E-state index in [1.54, 1.807) is 17.5 Å². The van der Waals surface area contributed by atoms with E-state index in [9.17, 15) is 4.79 Å². The molecule has 0 spiro atoms. The van der Waals surface area contributed by atoms with E-state index in [0.29, 0.717) is 13.0 Å². The maximum absolute atomic E-state index is 11.9. The van der Waals surface area contributed by atoms with Crippen molar-refractivity contribution in [2.45, 2.75) is 13.3 Å². The van der Waals surface area contributed by atoms with Crippen molar-refractivity contribution in [1.29, 1.82) is 0 Å². The highest BCUT2D eigenvalue weighted by Gasteiger charge is 2.05. The van der Waals surface area contributed by atoms with Crippen LogP contribution in [0.1, 0.15) is 10.7 Å². The molecular formula is C16H16N4OS. The molecule has 6 heteroatoms.